The predicted octanol–water partition coefficient (Wildman–Crippen LogP) is 6.77. The maximum atomic E-state index is 14.7. The van der Waals surface area contributed by atoms with Gasteiger partial charge in [0.2, 0.25) is 5.82 Å². The van der Waals surface area contributed by atoms with Crippen LogP contribution in [0.2, 0.25) is 0 Å². The Morgan fingerprint density at radius 1 is 0.514 bits per heavy atom. The van der Waals surface area contributed by atoms with Crippen molar-refractivity contribution < 1.29 is 22.0 Å². The second-order valence-corrected chi connectivity index (χ2v) is 8.04. The van der Waals surface area contributed by atoms with Crippen LogP contribution in [0, 0.1) is 29.1 Å². The highest BCUT2D eigenvalue weighted by Gasteiger charge is 2.29. The molecule has 0 unspecified atom stereocenters. The molecule has 0 radical (unpaired) electrons. The third-order valence-electron chi connectivity index (χ3n) is 5.64. The Labute approximate surface area is 194 Å². The molecule has 2 N–H and O–H groups in total. The van der Waals surface area contributed by atoms with Gasteiger partial charge in [-0.3, -0.25) is 0 Å². The molecule has 4 nitrogen and oxygen atoms in total. The van der Waals surface area contributed by atoms with E-state index >= 15 is 0 Å². The van der Waals surface area contributed by atoms with Gasteiger partial charge in [-0.15, -0.1) is 0 Å². The van der Waals surface area contributed by atoms with Crippen LogP contribution in [0.4, 0.5) is 22.0 Å². The van der Waals surface area contributed by atoms with Crippen molar-refractivity contribution in [3.63, 3.8) is 0 Å². The van der Waals surface area contributed by atoms with Gasteiger partial charge in [0.25, 0.3) is 0 Å². The first-order valence-corrected chi connectivity index (χ1v) is 10.5. The lowest BCUT2D eigenvalue weighted by atomic mass is 10.0. The van der Waals surface area contributed by atoms with Crippen LogP contribution in [0.3, 0.4) is 0 Å². The fourth-order valence-corrected chi connectivity index (χ4v) is 4.06. The fraction of sp³-hybridized carbons (Fsp3) is 0. The monoisotopic (exact) mass is 476 g/mol. The lowest BCUT2D eigenvalue weighted by Gasteiger charge is -2.09. The topological polar surface area (TPSA) is 57.4 Å². The highest BCUT2D eigenvalue weighted by molar-refractivity contribution is 5.94. The van der Waals surface area contributed by atoms with Crippen LogP contribution in [0.25, 0.3) is 45.9 Å². The lowest BCUT2D eigenvalue weighted by molar-refractivity contribution is 0.376. The average molecular weight is 476 g/mol. The minimum Gasteiger partial charge on any atom is -0.355 e. The molecule has 6 rings (SSSR count). The maximum absolute atomic E-state index is 14.7. The third-order valence-corrected chi connectivity index (χ3v) is 5.64. The van der Waals surface area contributed by atoms with Crippen LogP contribution < -0.4 is 0 Å². The van der Waals surface area contributed by atoms with E-state index in [0.717, 1.165) is 11.2 Å². The zero-order valence-electron chi connectivity index (χ0n) is 17.6. The van der Waals surface area contributed by atoms with Crippen molar-refractivity contribution in [2.45, 2.75) is 0 Å². The van der Waals surface area contributed by atoms with Gasteiger partial charge >= 0.3 is 0 Å². The van der Waals surface area contributed by atoms with E-state index in [1.165, 1.54) is 12.1 Å². The molecule has 4 aromatic rings. The van der Waals surface area contributed by atoms with Gasteiger partial charge < -0.3 is 9.97 Å². The Balaban J connectivity index is 1.67. The van der Waals surface area contributed by atoms with Crippen LogP contribution in [0.5, 0.6) is 0 Å². The first kappa shape index (κ1) is 21.0. The minimum absolute atomic E-state index is 0.0343. The van der Waals surface area contributed by atoms with E-state index in [1.54, 1.807) is 24.3 Å². The van der Waals surface area contributed by atoms with Crippen LogP contribution in [-0.4, -0.2) is 19.9 Å². The number of fused-ring (bicyclic) bond motifs is 8. The summed E-state index contributed by atoms with van der Waals surface area (Å²) < 4.78 is 70.9. The van der Waals surface area contributed by atoms with Gasteiger partial charge in [0.15, 0.2) is 23.3 Å². The third kappa shape index (κ3) is 3.61. The molecule has 0 aliphatic carbocycles. The number of hydrogen-bond donors (Lipinski definition) is 2. The fourth-order valence-electron chi connectivity index (χ4n) is 4.06. The molecule has 9 heteroatoms. The highest BCUT2D eigenvalue weighted by atomic mass is 19.2. The van der Waals surface area contributed by atoms with Crippen molar-refractivity contribution in [2.75, 3.05) is 0 Å². The summed E-state index contributed by atoms with van der Waals surface area (Å²) in [4.78, 5) is 15.2. The molecule has 8 bridgehead atoms. The van der Waals surface area contributed by atoms with Gasteiger partial charge in [-0.25, -0.2) is 31.9 Å². The summed E-state index contributed by atoms with van der Waals surface area (Å²) in [5, 5.41) is 0. The predicted molar refractivity (Wildman–Crippen MR) is 123 cm³/mol. The van der Waals surface area contributed by atoms with Gasteiger partial charge in [-0.1, -0.05) is 0 Å². The van der Waals surface area contributed by atoms with Crippen molar-refractivity contribution in [2.24, 2.45) is 0 Å². The van der Waals surface area contributed by atoms with Crippen LogP contribution >= 0.6 is 0 Å². The largest absolute Gasteiger partial charge is 0.355 e. The van der Waals surface area contributed by atoms with Gasteiger partial charge in [-0.2, -0.15) is 0 Å². The highest BCUT2D eigenvalue weighted by Crippen LogP contribution is 2.35. The molecule has 0 saturated heterocycles. The van der Waals surface area contributed by atoms with Crippen LogP contribution in [0.1, 0.15) is 28.3 Å². The molecule has 0 spiro atoms. The molecular weight excluding hydrogens is 463 g/mol. The Kier molecular flexibility index (Phi) is 4.67. The van der Waals surface area contributed by atoms with Crippen LogP contribution in [0.15, 0.2) is 48.5 Å². The van der Waals surface area contributed by atoms with E-state index in [-0.39, 0.29) is 17.0 Å². The Morgan fingerprint density at radius 3 is 1.51 bits per heavy atom. The number of halogens is 5. The van der Waals surface area contributed by atoms with Crippen molar-refractivity contribution in [1.29, 1.82) is 0 Å². The first-order valence-electron chi connectivity index (χ1n) is 10.5. The Bertz CT molecular complexity index is 1730. The van der Waals surface area contributed by atoms with Gasteiger partial charge in [0.1, 0.15) is 0 Å². The molecule has 5 heterocycles. The molecule has 0 saturated carbocycles. The smallest absolute Gasteiger partial charge is 0.200 e. The molecular formula is C26H13F5N4. The zero-order valence-corrected chi connectivity index (χ0v) is 17.6. The average Bonchev–Trinajstić information content (AvgIpc) is 3.62. The molecule has 3 aromatic heterocycles. The number of hydrogen-bond acceptors (Lipinski definition) is 2. The zero-order chi connectivity index (χ0) is 24.3. The first-order chi connectivity index (χ1) is 16.9. The summed E-state index contributed by atoms with van der Waals surface area (Å²) in [6.45, 7) is 0. The molecule has 2 aliphatic heterocycles. The number of nitrogens with zero attached hydrogens (tertiary/aromatic N) is 2. The van der Waals surface area contributed by atoms with E-state index in [1.807, 2.05) is 30.4 Å². The number of aromatic nitrogens is 4. The molecule has 35 heavy (non-hydrogen) atoms. The molecule has 0 atom stereocenters. The Hall–Kier alpha value is -4.53. The summed E-state index contributed by atoms with van der Waals surface area (Å²) >= 11 is 0. The van der Waals surface area contributed by atoms with Crippen molar-refractivity contribution in [1.82, 2.24) is 19.9 Å². The Morgan fingerprint density at radius 2 is 0.971 bits per heavy atom. The molecule has 1 aromatic carbocycles. The lowest BCUT2D eigenvalue weighted by Crippen LogP contribution is -2.06. The minimum atomic E-state index is -2.21. The number of aromatic amines is 2. The SMILES string of the molecule is Fc1c(F)c(F)c(C2=Cc3cc4ccc(cc5nc(cc6ccc(cc2n3)[nH]6)C=C5)[nH]4)c(F)c1F. The summed E-state index contributed by atoms with van der Waals surface area (Å²) in [5.41, 5.74) is 3.09. The van der Waals surface area contributed by atoms with E-state index in [2.05, 4.69) is 19.9 Å². The summed E-state index contributed by atoms with van der Waals surface area (Å²) in [6.07, 6.45) is 5.02. The molecule has 2 aliphatic rings. The van der Waals surface area contributed by atoms with E-state index in [0.29, 0.717) is 22.2 Å². The van der Waals surface area contributed by atoms with Gasteiger partial charge in [0, 0.05) is 27.6 Å². The quantitative estimate of drug-likeness (QED) is 0.156. The second-order valence-electron chi connectivity index (χ2n) is 8.04. The summed E-state index contributed by atoms with van der Waals surface area (Å²) in [6, 6.07) is 13.8. The van der Waals surface area contributed by atoms with Gasteiger partial charge in [-0.05, 0) is 66.8 Å². The number of rotatable bonds is 1. The van der Waals surface area contributed by atoms with E-state index < -0.39 is 34.6 Å². The normalized spacial score (nSPS) is 12.8. The van der Waals surface area contributed by atoms with Crippen molar-refractivity contribution >= 4 is 45.9 Å². The van der Waals surface area contributed by atoms with Gasteiger partial charge in [0.05, 0.1) is 28.3 Å². The van der Waals surface area contributed by atoms with Crippen molar-refractivity contribution in [3.8, 4) is 0 Å². The number of nitrogens with one attached hydrogen (secondary N) is 2. The number of benzene rings is 1. The number of H-pyrrole nitrogens is 2. The molecule has 0 fully saturated rings. The van der Waals surface area contributed by atoms with E-state index in [4.69, 9.17) is 0 Å². The second kappa shape index (κ2) is 7.76. The van der Waals surface area contributed by atoms with Crippen molar-refractivity contribution in [3.05, 3.63) is 106 Å². The standard InChI is InChI=1S/C26H13F5N4/c27-22-21(23(28)25(30)26(31)24(22)29)19-10-18-9-16-4-3-14(33-16)7-12-1-2-13(32-12)8-15-5-6-17(34-15)11-20(19)35-18/h1-11,33-34H. The summed E-state index contributed by atoms with van der Waals surface area (Å²) in [5.74, 6) is -10.1. The molecule has 172 valence electrons. The maximum Gasteiger partial charge on any atom is 0.200 e. The van der Waals surface area contributed by atoms with Crippen LogP contribution in [-0.2, 0) is 0 Å². The molecule has 0 amide bonds. The summed E-state index contributed by atoms with van der Waals surface area (Å²) in [7, 11) is 0. The van der Waals surface area contributed by atoms with E-state index in [9.17, 15) is 22.0 Å².